The maximum Gasteiger partial charge on any atom is 0.223 e. The van der Waals surface area contributed by atoms with Crippen LogP contribution in [-0.4, -0.2) is 22.4 Å². The molecule has 1 amide bonds. The molecule has 0 unspecified atom stereocenters. The van der Waals surface area contributed by atoms with Crippen LogP contribution in [-0.2, 0) is 11.3 Å². The minimum Gasteiger partial charge on any atom is -0.335 e. The lowest BCUT2D eigenvalue weighted by Gasteiger charge is -2.25. The molecule has 1 fully saturated rings. The Morgan fingerprint density at radius 2 is 2.00 bits per heavy atom. The molecule has 2 N–H and O–H groups in total. The van der Waals surface area contributed by atoms with E-state index in [9.17, 15) is 4.79 Å². The molecule has 3 nitrogen and oxygen atoms in total. The van der Waals surface area contributed by atoms with Gasteiger partial charge < -0.3 is 10.6 Å². The van der Waals surface area contributed by atoms with E-state index in [-0.39, 0.29) is 11.4 Å². The number of nitrogens with zero attached hydrogens (tertiary/aromatic N) is 1. The van der Waals surface area contributed by atoms with E-state index in [4.69, 9.17) is 28.9 Å². The van der Waals surface area contributed by atoms with Crippen LogP contribution in [0, 0.1) is 0 Å². The second-order valence-electron chi connectivity index (χ2n) is 6.49. The third-order valence-corrected chi connectivity index (χ3v) is 4.37. The van der Waals surface area contributed by atoms with E-state index in [1.807, 2.05) is 30.9 Å². The van der Waals surface area contributed by atoms with Crippen LogP contribution in [0.2, 0.25) is 10.0 Å². The predicted octanol–water partition coefficient (Wildman–Crippen LogP) is 4.00. The Morgan fingerprint density at radius 1 is 1.33 bits per heavy atom. The largest absolute Gasteiger partial charge is 0.335 e. The lowest BCUT2D eigenvalue weighted by molar-refractivity contribution is -0.132. The molecule has 0 aliphatic heterocycles. The number of nitrogens with two attached hydrogens (primary N) is 1. The zero-order valence-corrected chi connectivity index (χ0v) is 14.0. The molecule has 0 spiro atoms. The first-order valence-electron chi connectivity index (χ1n) is 7.28. The summed E-state index contributed by atoms with van der Waals surface area (Å²) >= 11 is 12.0. The van der Waals surface area contributed by atoms with Gasteiger partial charge in [-0.15, -0.1) is 0 Å². The Morgan fingerprint density at radius 3 is 2.52 bits per heavy atom. The number of carbonyl (C=O) groups excluding carboxylic acids is 1. The number of hydrogen-bond donors (Lipinski definition) is 1. The van der Waals surface area contributed by atoms with Crippen molar-refractivity contribution in [1.29, 1.82) is 0 Å². The van der Waals surface area contributed by atoms with Crippen LogP contribution in [0.5, 0.6) is 0 Å². The van der Waals surface area contributed by atoms with Crippen molar-refractivity contribution in [2.24, 2.45) is 5.73 Å². The number of rotatable bonds is 6. The lowest BCUT2D eigenvalue weighted by Crippen LogP contribution is -2.37. The molecule has 0 heterocycles. The first-order valence-corrected chi connectivity index (χ1v) is 8.04. The fourth-order valence-electron chi connectivity index (χ4n) is 2.21. The Bertz CT molecular complexity index is 521. The van der Waals surface area contributed by atoms with Gasteiger partial charge in [-0.1, -0.05) is 29.3 Å². The van der Waals surface area contributed by atoms with Gasteiger partial charge in [0.25, 0.3) is 0 Å². The van der Waals surface area contributed by atoms with E-state index < -0.39 is 0 Å². The number of amides is 1. The molecule has 1 aliphatic rings. The van der Waals surface area contributed by atoms with Crippen LogP contribution >= 0.6 is 23.2 Å². The van der Waals surface area contributed by atoms with Gasteiger partial charge >= 0.3 is 0 Å². The van der Waals surface area contributed by atoms with Crippen molar-refractivity contribution in [1.82, 2.24) is 4.90 Å². The average Bonchev–Trinajstić information content (AvgIpc) is 3.20. The van der Waals surface area contributed by atoms with Gasteiger partial charge in [-0.3, -0.25) is 4.79 Å². The van der Waals surface area contributed by atoms with Crippen molar-refractivity contribution in [2.75, 3.05) is 0 Å². The summed E-state index contributed by atoms with van der Waals surface area (Å²) in [6.45, 7) is 4.48. The highest BCUT2D eigenvalue weighted by Crippen LogP contribution is 2.31. The molecule has 0 aromatic heterocycles. The second kappa shape index (κ2) is 6.55. The standard InChI is InChI=1S/C16H22Cl2N2O/c1-16(2,19)8-7-15(21)20(12-4-5-12)10-11-3-6-13(17)14(18)9-11/h3,6,9,12H,4-5,7-8,10,19H2,1-2H3. The smallest absolute Gasteiger partial charge is 0.223 e. The molecule has 0 atom stereocenters. The predicted molar refractivity (Wildman–Crippen MR) is 87.5 cm³/mol. The number of hydrogen-bond acceptors (Lipinski definition) is 2. The number of halogens is 2. The van der Waals surface area contributed by atoms with Crippen LogP contribution < -0.4 is 5.73 Å². The van der Waals surface area contributed by atoms with Crippen LogP contribution in [0.25, 0.3) is 0 Å². The minimum atomic E-state index is -0.311. The van der Waals surface area contributed by atoms with Gasteiger partial charge in [0.15, 0.2) is 0 Å². The molecule has 1 aliphatic carbocycles. The van der Waals surface area contributed by atoms with E-state index in [2.05, 4.69) is 0 Å². The molecule has 5 heteroatoms. The van der Waals surface area contributed by atoms with Crippen LogP contribution in [0.3, 0.4) is 0 Å². The fraction of sp³-hybridized carbons (Fsp3) is 0.562. The van der Waals surface area contributed by atoms with Gasteiger partial charge in [0.1, 0.15) is 0 Å². The van der Waals surface area contributed by atoms with E-state index in [0.29, 0.717) is 35.5 Å². The quantitative estimate of drug-likeness (QED) is 0.857. The molecule has 116 valence electrons. The Labute approximate surface area is 136 Å². The first kappa shape index (κ1) is 16.6. The maximum atomic E-state index is 12.4. The van der Waals surface area contributed by atoms with Crippen molar-refractivity contribution < 1.29 is 4.79 Å². The van der Waals surface area contributed by atoms with Crippen molar-refractivity contribution in [2.45, 2.75) is 57.7 Å². The third kappa shape index (κ3) is 5.17. The van der Waals surface area contributed by atoms with Crippen LogP contribution in [0.4, 0.5) is 0 Å². The highest BCUT2D eigenvalue weighted by molar-refractivity contribution is 6.42. The molecule has 0 radical (unpaired) electrons. The number of carbonyl (C=O) groups is 1. The molecular weight excluding hydrogens is 307 g/mol. The van der Waals surface area contributed by atoms with Gasteiger partial charge in [-0.05, 0) is 50.8 Å². The second-order valence-corrected chi connectivity index (χ2v) is 7.30. The number of benzene rings is 1. The first-order chi connectivity index (χ1) is 9.76. The van der Waals surface area contributed by atoms with E-state index in [1.165, 1.54) is 0 Å². The van der Waals surface area contributed by atoms with Crippen LogP contribution in [0.15, 0.2) is 18.2 Å². The average molecular weight is 329 g/mol. The topological polar surface area (TPSA) is 46.3 Å². The Balaban J connectivity index is 2.02. The van der Waals surface area contributed by atoms with Crippen molar-refractivity contribution >= 4 is 29.1 Å². The fourth-order valence-corrected chi connectivity index (χ4v) is 2.54. The SMILES string of the molecule is CC(C)(N)CCC(=O)N(Cc1ccc(Cl)c(Cl)c1)C1CC1. The van der Waals surface area contributed by atoms with Gasteiger partial charge in [-0.2, -0.15) is 0 Å². The summed E-state index contributed by atoms with van der Waals surface area (Å²) in [6, 6.07) is 5.90. The van der Waals surface area contributed by atoms with E-state index in [1.54, 1.807) is 6.07 Å². The summed E-state index contributed by atoms with van der Waals surface area (Å²) < 4.78 is 0. The molecule has 21 heavy (non-hydrogen) atoms. The molecular formula is C16H22Cl2N2O. The summed E-state index contributed by atoms with van der Waals surface area (Å²) in [5, 5.41) is 1.06. The molecule has 0 saturated heterocycles. The van der Waals surface area contributed by atoms with Crippen molar-refractivity contribution in [3.63, 3.8) is 0 Å². The minimum absolute atomic E-state index is 0.169. The van der Waals surface area contributed by atoms with E-state index >= 15 is 0 Å². The lowest BCUT2D eigenvalue weighted by atomic mass is 9.99. The van der Waals surface area contributed by atoms with E-state index in [0.717, 1.165) is 18.4 Å². The van der Waals surface area contributed by atoms with Gasteiger partial charge in [0.2, 0.25) is 5.91 Å². The summed E-state index contributed by atoms with van der Waals surface area (Å²) in [5.41, 5.74) is 6.66. The maximum absolute atomic E-state index is 12.4. The molecule has 0 bridgehead atoms. The Kier molecular flexibility index (Phi) is 5.18. The van der Waals surface area contributed by atoms with Crippen molar-refractivity contribution in [3.8, 4) is 0 Å². The summed E-state index contributed by atoms with van der Waals surface area (Å²) in [7, 11) is 0. The van der Waals surface area contributed by atoms with Gasteiger partial charge in [0, 0.05) is 24.5 Å². The third-order valence-electron chi connectivity index (χ3n) is 3.63. The van der Waals surface area contributed by atoms with Crippen LogP contribution in [0.1, 0.15) is 45.1 Å². The molecule has 1 aromatic rings. The monoisotopic (exact) mass is 328 g/mol. The van der Waals surface area contributed by atoms with Crippen molar-refractivity contribution in [3.05, 3.63) is 33.8 Å². The van der Waals surface area contributed by atoms with Gasteiger partial charge in [-0.25, -0.2) is 0 Å². The summed E-state index contributed by atoms with van der Waals surface area (Å²) in [5.74, 6) is 0.169. The molecule has 1 aromatic carbocycles. The summed E-state index contributed by atoms with van der Waals surface area (Å²) in [6.07, 6.45) is 3.34. The zero-order valence-electron chi connectivity index (χ0n) is 12.5. The molecule has 2 rings (SSSR count). The highest BCUT2D eigenvalue weighted by Gasteiger charge is 2.32. The highest BCUT2D eigenvalue weighted by atomic mass is 35.5. The Hall–Kier alpha value is -0.770. The normalized spacial score (nSPS) is 15.1. The van der Waals surface area contributed by atoms with Gasteiger partial charge in [0.05, 0.1) is 10.0 Å². The zero-order chi connectivity index (χ0) is 15.6. The summed E-state index contributed by atoms with van der Waals surface area (Å²) in [4.78, 5) is 14.4. The molecule has 1 saturated carbocycles.